The van der Waals surface area contributed by atoms with Gasteiger partial charge in [-0.25, -0.2) is 4.79 Å². The largest absolute Gasteiger partial charge is 0.462 e. The van der Waals surface area contributed by atoms with Crippen LogP contribution in [0, 0.1) is 5.92 Å². The quantitative estimate of drug-likeness (QED) is 0.294. The molecule has 14 heavy (non-hydrogen) atoms. The molecule has 0 aromatic carbocycles. The molecule has 0 spiro atoms. The molecule has 0 heterocycles. The minimum absolute atomic E-state index is 0.148. The first-order chi connectivity index (χ1) is 6.54. The average Bonchev–Trinajstić information content (AvgIpc) is 2.13. The van der Waals surface area contributed by atoms with Gasteiger partial charge in [-0.05, 0) is 13.3 Å². The highest BCUT2D eigenvalue weighted by Gasteiger charge is 2.20. The molecule has 0 unspecified atom stereocenters. The molecule has 0 radical (unpaired) electrons. The summed E-state index contributed by atoms with van der Waals surface area (Å²) in [5.74, 6) is -0.824. The highest BCUT2D eigenvalue weighted by molar-refractivity contribution is 6.17. The molecule has 0 N–H and O–H groups in total. The summed E-state index contributed by atoms with van der Waals surface area (Å²) >= 11 is 0. The lowest BCUT2D eigenvalue weighted by molar-refractivity contribution is -0.140. The van der Waals surface area contributed by atoms with Crippen LogP contribution in [0.3, 0.4) is 0 Å². The lowest BCUT2D eigenvalue weighted by Gasteiger charge is -2.07. The van der Waals surface area contributed by atoms with Crippen molar-refractivity contribution in [3.8, 4) is 0 Å². The Morgan fingerprint density at radius 2 is 1.86 bits per heavy atom. The lowest BCUT2D eigenvalue weighted by atomic mass is 10.0. The molecule has 0 fully saturated rings. The summed E-state index contributed by atoms with van der Waals surface area (Å²) in [6.45, 7) is 7.44. The van der Waals surface area contributed by atoms with E-state index in [1.807, 2.05) is 6.92 Å². The van der Waals surface area contributed by atoms with E-state index in [0.29, 0.717) is 13.0 Å². The first-order valence-corrected chi connectivity index (χ1v) is 4.96. The molecule has 3 heteroatoms. The zero-order valence-electron chi connectivity index (χ0n) is 9.29. The fourth-order valence-corrected chi connectivity index (χ4v) is 1.01. The van der Waals surface area contributed by atoms with Gasteiger partial charge in [-0.1, -0.05) is 26.8 Å². The van der Waals surface area contributed by atoms with Crippen molar-refractivity contribution in [1.82, 2.24) is 0 Å². The summed E-state index contributed by atoms with van der Waals surface area (Å²) in [5.41, 5.74) is 0.185. The third-order valence-electron chi connectivity index (χ3n) is 1.69. The number of ether oxygens (including phenoxy) is 1. The van der Waals surface area contributed by atoms with Crippen LogP contribution in [-0.2, 0) is 14.3 Å². The number of carbonyl (C=O) groups excluding carboxylic acids is 2. The van der Waals surface area contributed by atoms with Crippen LogP contribution >= 0.6 is 0 Å². The third-order valence-corrected chi connectivity index (χ3v) is 1.69. The first-order valence-electron chi connectivity index (χ1n) is 4.96. The van der Waals surface area contributed by atoms with Gasteiger partial charge in [-0.15, -0.1) is 0 Å². The van der Waals surface area contributed by atoms with Crippen LogP contribution in [0.15, 0.2) is 11.6 Å². The fraction of sp³-hybridized carbons (Fsp3) is 0.636. The van der Waals surface area contributed by atoms with E-state index in [0.717, 1.165) is 0 Å². The van der Waals surface area contributed by atoms with E-state index in [2.05, 4.69) is 0 Å². The number of hydrogen-bond acceptors (Lipinski definition) is 3. The summed E-state index contributed by atoms with van der Waals surface area (Å²) in [7, 11) is 0. The maximum absolute atomic E-state index is 11.6. The molecule has 0 aromatic rings. The molecule has 0 atom stereocenters. The minimum Gasteiger partial charge on any atom is -0.462 e. The normalized spacial score (nSPS) is 11.6. The highest BCUT2D eigenvalue weighted by Crippen LogP contribution is 2.09. The van der Waals surface area contributed by atoms with Gasteiger partial charge in [-0.3, -0.25) is 4.79 Å². The Morgan fingerprint density at radius 3 is 2.21 bits per heavy atom. The molecule has 3 nitrogen and oxygen atoms in total. The molecule has 0 aliphatic carbocycles. The molecule has 0 amide bonds. The molecule has 0 saturated heterocycles. The molecule has 0 rings (SSSR count). The van der Waals surface area contributed by atoms with Crippen molar-refractivity contribution < 1.29 is 14.3 Å². The average molecular weight is 198 g/mol. The second-order valence-electron chi connectivity index (χ2n) is 3.27. The van der Waals surface area contributed by atoms with Crippen LogP contribution in [0.25, 0.3) is 0 Å². The predicted molar refractivity (Wildman–Crippen MR) is 54.9 cm³/mol. The second kappa shape index (κ2) is 6.35. The zero-order chi connectivity index (χ0) is 11.1. The van der Waals surface area contributed by atoms with E-state index in [9.17, 15) is 9.59 Å². The molecule has 0 saturated carbocycles. The summed E-state index contributed by atoms with van der Waals surface area (Å²) in [5, 5.41) is 0. The number of hydrogen-bond donors (Lipinski definition) is 0. The van der Waals surface area contributed by atoms with Gasteiger partial charge in [0.2, 0.25) is 0 Å². The van der Waals surface area contributed by atoms with Gasteiger partial charge in [0.1, 0.15) is 0 Å². The number of rotatable bonds is 5. The summed E-state index contributed by atoms with van der Waals surface area (Å²) < 4.78 is 4.80. The molecule has 0 aliphatic heterocycles. The van der Waals surface area contributed by atoms with Crippen molar-refractivity contribution in [2.24, 2.45) is 5.92 Å². The van der Waals surface area contributed by atoms with Crippen LogP contribution in [0.2, 0.25) is 0 Å². The number of esters is 1. The molecule has 0 aliphatic rings. The second-order valence-corrected chi connectivity index (χ2v) is 3.27. The Bertz CT molecular complexity index is 239. The van der Waals surface area contributed by atoms with Crippen molar-refractivity contribution in [1.29, 1.82) is 0 Å². The molecular formula is C11H18O3. The van der Waals surface area contributed by atoms with Crippen molar-refractivity contribution in [3.05, 3.63) is 11.6 Å². The summed E-state index contributed by atoms with van der Waals surface area (Å²) in [6.07, 6.45) is 2.28. The number of carbonyl (C=O) groups is 2. The lowest BCUT2D eigenvalue weighted by Crippen LogP contribution is -2.19. The first kappa shape index (κ1) is 12.9. The minimum atomic E-state index is -0.506. The van der Waals surface area contributed by atoms with E-state index in [1.165, 1.54) is 0 Å². The summed E-state index contributed by atoms with van der Waals surface area (Å²) in [4.78, 5) is 22.9. The van der Waals surface area contributed by atoms with Crippen LogP contribution in [-0.4, -0.2) is 18.4 Å². The molecule has 0 aromatic heterocycles. The fourth-order valence-electron chi connectivity index (χ4n) is 1.01. The smallest absolute Gasteiger partial charge is 0.341 e. The number of ketones is 1. The predicted octanol–water partition coefficient (Wildman–Crippen LogP) is 2.11. The Labute approximate surface area is 85.1 Å². The SMILES string of the molecule is CCC=C(C(=O)OCC)C(=O)C(C)C. The summed E-state index contributed by atoms with van der Waals surface area (Å²) in [6, 6.07) is 0. The van der Waals surface area contributed by atoms with Crippen molar-refractivity contribution in [3.63, 3.8) is 0 Å². The monoisotopic (exact) mass is 198 g/mol. The van der Waals surface area contributed by atoms with E-state index in [-0.39, 0.29) is 17.3 Å². The van der Waals surface area contributed by atoms with Crippen molar-refractivity contribution >= 4 is 11.8 Å². The van der Waals surface area contributed by atoms with Gasteiger partial charge >= 0.3 is 5.97 Å². The van der Waals surface area contributed by atoms with Crippen LogP contribution in [0.1, 0.15) is 34.1 Å². The Morgan fingerprint density at radius 1 is 1.29 bits per heavy atom. The Hall–Kier alpha value is -1.12. The van der Waals surface area contributed by atoms with Gasteiger partial charge < -0.3 is 4.74 Å². The number of Topliss-reactive ketones (excluding diaryl/α,β-unsaturated/α-hetero) is 1. The van der Waals surface area contributed by atoms with E-state index < -0.39 is 5.97 Å². The van der Waals surface area contributed by atoms with Gasteiger partial charge in [0.25, 0.3) is 0 Å². The molecular weight excluding hydrogens is 180 g/mol. The van der Waals surface area contributed by atoms with E-state index in [4.69, 9.17) is 4.74 Å². The van der Waals surface area contributed by atoms with Gasteiger partial charge in [-0.2, -0.15) is 0 Å². The van der Waals surface area contributed by atoms with Gasteiger partial charge in [0.15, 0.2) is 5.78 Å². The van der Waals surface area contributed by atoms with Crippen LogP contribution < -0.4 is 0 Å². The third kappa shape index (κ3) is 3.73. The maximum atomic E-state index is 11.6. The Kier molecular flexibility index (Phi) is 5.84. The van der Waals surface area contributed by atoms with Crippen molar-refractivity contribution in [2.75, 3.05) is 6.61 Å². The van der Waals surface area contributed by atoms with Crippen LogP contribution in [0.4, 0.5) is 0 Å². The number of allylic oxidation sites excluding steroid dienone is 1. The highest BCUT2D eigenvalue weighted by atomic mass is 16.5. The Balaban J connectivity index is 4.69. The standard InChI is InChI=1S/C11H18O3/c1-5-7-9(10(12)8(3)4)11(13)14-6-2/h7-8H,5-6H2,1-4H3. The topological polar surface area (TPSA) is 43.4 Å². The zero-order valence-corrected chi connectivity index (χ0v) is 9.29. The van der Waals surface area contributed by atoms with Crippen molar-refractivity contribution in [2.45, 2.75) is 34.1 Å². The van der Waals surface area contributed by atoms with Gasteiger partial charge in [0, 0.05) is 5.92 Å². The molecule has 0 bridgehead atoms. The van der Waals surface area contributed by atoms with E-state index >= 15 is 0 Å². The maximum Gasteiger partial charge on any atom is 0.341 e. The molecule has 80 valence electrons. The van der Waals surface area contributed by atoms with E-state index in [1.54, 1.807) is 26.8 Å². The van der Waals surface area contributed by atoms with Gasteiger partial charge in [0.05, 0.1) is 12.2 Å². The van der Waals surface area contributed by atoms with Crippen LogP contribution in [0.5, 0.6) is 0 Å².